The summed E-state index contributed by atoms with van der Waals surface area (Å²) in [7, 11) is -1.83. The standard InChI is InChI=1S/C14H15O3P.CCl4/c15-18(16-11-13-7-3-1-4-8-13)17-12-14-9-5-2-6-10-14;2-1(3,4)5/h1-10,15H,11-12H2;. The lowest BCUT2D eigenvalue weighted by Crippen LogP contribution is -1.92. The van der Waals surface area contributed by atoms with Crippen LogP contribution in [0.15, 0.2) is 60.7 Å². The zero-order valence-electron chi connectivity index (χ0n) is 11.9. The van der Waals surface area contributed by atoms with E-state index in [9.17, 15) is 4.89 Å². The molecule has 0 spiro atoms. The predicted octanol–water partition coefficient (Wildman–Crippen LogP) is 6.19. The lowest BCUT2D eigenvalue weighted by atomic mass is 10.2. The quantitative estimate of drug-likeness (QED) is 0.451. The van der Waals surface area contributed by atoms with Crippen molar-refractivity contribution in [2.24, 2.45) is 0 Å². The average molecular weight is 416 g/mol. The molecule has 0 aromatic heterocycles. The summed E-state index contributed by atoms with van der Waals surface area (Å²) in [4.78, 5) is 9.59. The van der Waals surface area contributed by atoms with Gasteiger partial charge in [0.1, 0.15) is 0 Å². The largest absolute Gasteiger partial charge is 0.330 e. The van der Waals surface area contributed by atoms with E-state index in [1.165, 1.54) is 0 Å². The van der Waals surface area contributed by atoms with Gasteiger partial charge in [-0.3, -0.25) is 0 Å². The second-order valence-electron chi connectivity index (χ2n) is 4.18. The van der Waals surface area contributed by atoms with Crippen LogP contribution in [0, 0.1) is 0 Å². The Labute approximate surface area is 157 Å². The Morgan fingerprint density at radius 3 is 1.35 bits per heavy atom. The van der Waals surface area contributed by atoms with Gasteiger partial charge in [-0.25, -0.2) is 0 Å². The Kier molecular flexibility index (Phi) is 10.4. The molecule has 126 valence electrons. The number of hydrogen-bond acceptors (Lipinski definition) is 3. The van der Waals surface area contributed by atoms with Crippen molar-refractivity contribution in [3.05, 3.63) is 71.8 Å². The molecule has 0 aliphatic rings. The molecule has 8 heteroatoms. The highest BCUT2D eigenvalue weighted by Crippen LogP contribution is 2.35. The fourth-order valence-corrected chi connectivity index (χ4v) is 2.04. The van der Waals surface area contributed by atoms with Crippen LogP contribution in [0.1, 0.15) is 11.1 Å². The summed E-state index contributed by atoms with van der Waals surface area (Å²) in [6.45, 7) is 0.718. The van der Waals surface area contributed by atoms with E-state index in [2.05, 4.69) is 0 Å². The highest BCUT2D eigenvalue weighted by molar-refractivity contribution is 7.40. The smallest absolute Gasteiger partial charge is 0.328 e. The van der Waals surface area contributed by atoms with Gasteiger partial charge < -0.3 is 13.9 Å². The second kappa shape index (κ2) is 11.5. The summed E-state index contributed by atoms with van der Waals surface area (Å²) in [6.07, 6.45) is 0. The molecule has 0 heterocycles. The van der Waals surface area contributed by atoms with Crippen molar-refractivity contribution in [1.29, 1.82) is 0 Å². The number of rotatable bonds is 6. The highest BCUT2D eigenvalue weighted by Gasteiger charge is 2.11. The first kappa shape index (κ1) is 21.0. The third-order valence-corrected chi connectivity index (χ3v) is 3.07. The Bertz CT molecular complexity index is 488. The van der Waals surface area contributed by atoms with Crippen LogP contribution >= 0.6 is 55.0 Å². The molecule has 23 heavy (non-hydrogen) atoms. The highest BCUT2D eigenvalue weighted by atomic mass is 35.6. The van der Waals surface area contributed by atoms with Crippen LogP contribution in [0.3, 0.4) is 0 Å². The summed E-state index contributed by atoms with van der Waals surface area (Å²) in [5, 5.41) is 0. The Morgan fingerprint density at radius 2 is 1.04 bits per heavy atom. The minimum atomic E-state index is -1.83. The van der Waals surface area contributed by atoms with E-state index in [4.69, 9.17) is 55.5 Å². The first-order valence-electron chi connectivity index (χ1n) is 6.43. The van der Waals surface area contributed by atoms with Gasteiger partial charge in [0.2, 0.25) is 0 Å². The maximum Gasteiger partial charge on any atom is 0.330 e. The van der Waals surface area contributed by atoms with E-state index < -0.39 is 11.9 Å². The van der Waals surface area contributed by atoms with E-state index in [0.717, 1.165) is 11.1 Å². The van der Waals surface area contributed by atoms with Crippen molar-refractivity contribution in [2.45, 2.75) is 16.5 Å². The van der Waals surface area contributed by atoms with Gasteiger partial charge in [0, 0.05) is 0 Å². The third-order valence-electron chi connectivity index (χ3n) is 2.37. The van der Waals surface area contributed by atoms with Crippen LogP contribution in [-0.2, 0) is 22.3 Å². The zero-order chi connectivity index (χ0) is 17.1. The topological polar surface area (TPSA) is 38.7 Å². The monoisotopic (exact) mass is 414 g/mol. The number of benzene rings is 2. The Balaban J connectivity index is 0.000000463. The molecule has 0 aliphatic heterocycles. The fourth-order valence-electron chi connectivity index (χ4n) is 1.45. The van der Waals surface area contributed by atoms with Gasteiger partial charge in [0.25, 0.3) is 3.25 Å². The van der Waals surface area contributed by atoms with Crippen molar-refractivity contribution >= 4 is 55.0 Å². The molecule has 1 N–H and O–H groups in total. The van der Waals surface area contributed by atoms with Gasteiger partial charge in [-0.15, -0.1) is 0 Å². The molecule has 0 fully saturated rings. The van der Waals surface area contributed by atoms with Crippen molar-refractivity contribution < 1.29 is 13.9 Å². The number of alkyl halides is 4. The molecule has 0 saturated carbocycles. The van der Waals surface area contributed by atoms with Crippen LogP contribution in [-0.4, -0.2) is 8.15 Å². The van der Waals surface area contributed by atoms with E-state index in [1.807, 2.05) is 60.7 Å². The van der Waals surface area contributed by atoms with Crippen LogP contribution in [0.5, 0.6) is 0 Å². The van der Waals surface area contributed by atoms with E-state index in [1.54, 1.807) is 0 Å². The van der Waals surface area contributed by atoms with Crippen molar-refractivity contribution in [2.75, 3.05) is 0 Å². The lowest BCUT2D eigenvalue weighted by molar-refractivity contribution is 0.187. The normalized spacial score (nSPS) is 11.0. The summed E-state index contributed by atoms with van der Waals surface area (Å²) in [5.74, 6) is 0. The molecule has 2 rings (SSSR count). The van der Waals surface area contributed by atoms with Gasteiger partial charge in [0.05, 0.1) is 13.2 Å². The SMILES string of the molecule is ClC(Cl)(Cl)Cl.OP(OCc1ccccc1)OCc1ccccc1. The predicted molar refractivity (Wildman–Crippen MR) is 97.7 cm³/mol. The van der Waals surface area contributed by atoms with Crippen LogP contribution in [0.4, 0.5) is 0 Å². The van der Waals surface area contributed by atoms with Crippen molar-refractivity contribution in [3.8, 4) is 0 Å². The molecule has 0 saturated heterocycles. The number of hydrogen-bond donors (Lipinski definition) is 1. The van der Waals surface area contributed by atoms with Gasteiger partial charge in [-0.1, -0.05) is 107 Å². The van der Waals surface area contributed by atoms with Gasteiger partial charge in [0.15, 0.2) is 0 Å². The molecule has 2 aromatic carbocycles. The summed E-state index contributed by atoms with van der Waals surface area (Å²) in [5.41, 5.74) is 2.03. The summed E-state index contributed by atoms with van der Waals surface area (Å²) in [6, 6.07) is 19.4. The van der Waals surface area contributed by atoms with Crippen LogP contribution in [0.2, 0.25) is 0 Å². The first-order valence-corrected chi connectivity index (χ1v) is 9.07. The molecule has 0 unspecified atom stereocenters. The average Bonchev–Trinajstić information content (AvgIpc) is 2.51. The molecule has 0 bridgehead atoms. The minimum absolute atomic E-state index is 0.359. The summed E-state index contributed by atoms with van der Waals surface area (Å²) >= 11 is 19.3. The number of halogens is 4. The van der Waals surface area contributed by atoms with E-state index in [0.29, 0.717) is 13.2 Å². The maximum absolute atomic E-state index is 9.59. The van der Waals surface area contributed by atoms with E-state index in [-0.39, 0.29) is 0 Å². The first-order chi connectivity index (χ1) is 10.8. The maximum atomic E-state index is 9.59. The van der Waals surface area contributed by atoms with Gasteiger partial charge >= 0.3 is 8.60 Å². The van der Waals surface area contributed by atoms with Crippen LogP contribution < -0.4 is 0 Å². The summed E-state index contributed by atoms with van der Waals surface area (Å²) < 4.78 is 8.88. The van der Waals surface area contributed by atoms with Crippen LogP contribution in [0.25, 0.3) is 0 Å². The molecule has 0 radical (unpaired) electrons. The Hall–Kier alpha value is -0.0900. The molecular weight excluding hydrogens is 401 g/mol. The van der Waals surface area contributed by atoms with E-state index >= 15 is 0 Å². The molecule has 0 amide bonds. The third kappa shape index (κ3) is 12.9. The molecule has 3 nitrogen and oxygen atoms in total. The van der Waals surface area contributed by atoms with Gasteiger partial charge in [-0.2, -0.15) is 0 Å². The molecule has 0 atom stereocenters. The van der Waals surface area contributed by atoms with Crippen molar-refractivity contribution in [3.63, 3.8) is 0 Å². The lowest BCUT2D eigenvalue weighted by Gasteiger charge is -2.10. The molecule has 2 aromatic rings. The Morgan fingerprint density at radius 1 is 0.739 bits per heavy atom. The molecular formula is C15H15Cl4O3P. The fraction of sp³-hybridized carbons (Fsp3) is 0.200. The van der Waals surface area contributed by atoms with Gasteiger partial charge in [-0.05, 0) is 11.1 Å². The minimum Gasteiger partial charge on any atom is -0.328 e. The molecule has 0 aliphatic carbocycles. The van der Waals surface area contributed by atoms with Crippen molar-refractivity contribution in [1.82, 2.24) is 0 Å². The second-order valence-corrected chi connectivity index (χ2v) is 8.61. The zero-order valence-corrected chi connectivity index (χ0v) is 15.8.